The van der Waals surface area contributed by atoms with E-state index in [0.29, 0.717) is 98.9 Å². The van der Waals surface area contributed by atoms with Crippen molar-refractivity contribution in [2.45, 2.75) is 136 Å². The van der Waals surface area contributed by atoms with Gasteiger partial charge in [-0.1, -0.05) is 111 Å². The zero-order valence-electron chi connectivity index (χ0n) is 33.1. The van der Waals surface area contributed by atoms with Gasteiger partial charge in [0.05, 0.1) is 98.4 Å². The number of unbranched alkanes of at least 4 members (excludes halogenated alkanes) is 13. The number of carbonyl (C=O) groups excluding carboxylic acids is 2. The second-order valence-corrected chi connectivity index (χ2v) is 12.9. The zero-order valence-corrected chi connectivity index (χ0v) is 33.1. The van der Waals surface area contributed by atoms with Crippen LogP contribution in [0.1, 0.15) is 136 Å². The van der Waals surface area contributed by atoms with Crippen molar-refractivity contribution < 1.29 is 52.2 Å². The molecule has 0 N–H and O–H groups in total. The second kappa shape index (κ2) is 43.1. The molecule has 1 unspecified atom stereocenters. The van der Waals surface area contributed by atoms with Crippen LogP contribution in [-0.2, 0) is 52.2 Å². The van der Waals surface area contributed by atoms with Gasteiger partial charge in [-0.25, -0.2) is 0 Å². The second-order valence-electron chi connectivity index (χ2n) is 12.9. The molecule has 0 aliphatic rings. The maximum atomic E-state index is 12.0. The summed E-state index contributed by atoms with van der Waals surface area (Å²) in [4.78, 5) is 23.9. The van der Waals surface area contributed by atoms with Crippen molar-refractivity contribution in [3.8, 4) is 0 Å². The maximum Gasteiger partial charge on any atom is 0.308 e. The van der Waals surface area contributed by atoms with E-state index in [-0.39, 0.29) is 31.1 Å². The number of ether oxygens (including phenoxy) is 9. The van der Waals surface area contributed by atoms with Crippen molar-refractivity contribution >= 4 is 11.9 Å². The average molecular weight is 735 g/mol. The Bertz CT molecular complexity index is 710. The van der Waals surface area contributed by atoms with Gasteiger partial charge in [0.2, 0.25) is 0 Å². The first-order chi connectivity index (χ1) is 25.2. The predicted molar refractivity (Wildman–Crippen MR) is 201 cm³/mol. The first kappa shape index (κ1) is 49.7. The third-order valence-electron chi connectivity index (χ3n) is 8.41. The van der Waals surface area contributed by atoms with Crippen LogP contribution in [-0.4, -0.2) is 118 Å². The smallest absolute Gasteiger partial charge is 0.308 e. The lowest BCUT2D eigenvalue weighted by Crippen LogP contribution is -2.20. The lowest BCUT2D eigenvalue weighted by atomic mass is 10.00. The van der Waals surface area contributed by atoms with Crippen LogP contribution >= 0.6 is 0 Å². The Morgan fingerprint density at radius 1 is 0.373 bits per heavy atom. The van der Waals surface area contributed by atoms with Crippen molar-refractivity contribution in [1.82, 2.24) is 0 Å². The van der Waals surface area contributed by atoms with Crippen LogP contribution in [0, 0.1) is 5.92 Å². The van der Waals surface area contributed by atoms with Crippen LogP contribution in [0.4, 0.5) is 0 Å². The predicted octanol–water partition coefficient (Wildman–Crippen LogP) is 7.89. The van der Waals surface area contributed by atoms with E-state index in [9.17, 15) is 9.59 Å². The van der Waals surface area contributed by atoms with Crippen molar-refractivity contribution in [3.63, 3.8) is 0 Å². The summed E-state index contributed by atoms with van der Waals surface area (Å²) in [6.45, 7) is 13.5. The van der Waals surface area contributed by atoms with Gasteiger partial charge in [-0.2, -0.15) is 0 Å². The van der Waals surface area contributed by atoms with Gasteiger partial charge in [-0.3, -0.25) is 9.59 Å². The van der Waals surface area contributed by atoms with E-state index in [2.05, 4.69) is 13.8 Å². The third kappa shape index (κ3) is 39.7. The van der Waals surface area contributed by atoms with Crippen LogP contribution in [0.3, 0.4) is 0 Å². The van der Waals surface area contributed by atoms with Crippen molar-refractivity contribution in [3.05, 3.63) is 0 Å². The zero-order chi connectivity index (χ0) is 37.1. The first-order valence-corrected chi connectivity index (χ1v) is 20.5. The molecular formula is C40H78O11. The highest BCUT2D eigenvalue weighted by molar-refractivity contribution is 5.72. The van der Waals surface area contributed by atoms with Crippen molar-refractivity contribution in [2.24, 2.45) is 5.92 Å². The molecule has 0 rings (SSSR count). The summed E-state index contributed by atoms with van der Waals surface area (Å²) in [6.07, 6.45) is 21.1. The molecule has 11 nitrogen and oxygen atoms in total. The van der Waals surface area contributed by atoms with Crippen LogP contribution < -0.4 is 0 Å². The summed E-state index contributed by atoms with van der Waals surface area (Å²) in [5.74, 6) is -0.257. The molecule has 0 saturated heterocycles. The van der Waals surface area contributed by atoms with Crippen molar-refractivity contribution in [1.29, 1.82) is 0 Å². The molecule has 0 aliphatic carbocycles. The van der Waals surface area contributed by atoms with Gasteiger partial charge < -0.3 is 42.6 Å². The molecule has 0 aromatic heterocycles. The number of esters is 2. The Morgan fingerprint density at radius 3 is 1.04 bits per heavy atom. The van der Waals surface area contributed by atoms with Gasteiger partial charge in [0.15, 0.2) is 0 Å². The van der Waals surface area contributed by atoms with Gasteiger partial charge in [0.1, 0.15) is 13.2 Å². The van der Waals surface area contributed by atoms with E-state index in [1.807, 2.05) is 6.92 Å². The standard InChI is InChI=1S/C40H78O11/c1-4-7-9-10-11-12-13-14-15-16-17-18-19-21-39(41)50-36-34-48-32-30-46-28-26-44-24-22-43-23-25-45-27-29-47-31-33-49-35-37-51-40(42)38(6-3)20-8-5-2/h38H,4-37H2,1-3H3. The molecule has 0 spiro atoms. The monoisotopic (exact) mass is 735 g/mol. The molecule has 304 valence electrons. The SMILES string of the molecule is CCCCCCCCCCCCCCCC(=O)OCCOCCOCCOCCOCCOCCOCCOCCOC(=O)C(CC)CCCC. The summed E-state index contributed by atoms with van der Waals surface area (Å²) >= 11 is 0. The quantitative estimate of drug-likeness (QED) is 0.0450. The fourth-order valence-corrected chi connectivity index (χ4v) is 5.25. The van der Waals surface area contributed by atoms with Gasteiger partial charge in [-0.15, -0.1) is 0 Å². The highest BCUT2D eigenvalue weighted by Crippen LogP contribution is 2.15. The minimum Gasteiger partial charge on any atom is -0.463 e. The van der Waals surface area contributed by atoms with Crippen LogP contribution in [0.25, 0.3) is 0 Å². The topological polar surface area (TPSA) is 117 Å². The molecule has 0 radical (unpaired) electrons. The fraction of sp³-hybridized carbons (Fsp3) is 0.950. The van der Waals surface area contributed by atoms with E-state index in [4.69, 9.17) is 42.6 Å². The number of hydrogen-bond donors (Lipinski definition) is 0. The third-order valence-corrected chi connectivity index (χ3v) is 8.41. The van der Waals surface area contributed by atoms with Crippen LogP contribution in [0.5, 0.6) is 0 Å². The first-order valence-electron chi connectivity index (χ1n) is 20.5. The molecule has 11 heteroatoms. The minimum atomic E-state index is -0.133. The molecule has 0 aromatic rings. The Labute approximate surface area is 311 Å². The number of rotatable bonds is 43. The molecule has 1 atom stereocenters. The van der Waals surface area contributed by atoms with E-state index in [1.54, 1.807) is 0 Å². The largest absolute Gasteiger partial charge is 0.463 e. The van der Waals surface area contributed by atoms with Gasteiger partial charge >= 0.3 is 11.9 Å². The molecule has 51 heavy (non-hydrogen) atoms. The van der Waals surface area contributed by atoms with Gasteiger partial charge in [0, 0.05) is 6.42 Å². The lowest BCUT2D eigenvalue weighted by molar-refractivity contribution is -0.150. The van der Waals surface area contributed by atoms with E-state index in [1.165, 1.54) is 70.6 Å². The molecule has 0 aliphatic heterocycles. The minimum absolute atomic E-state index is 0.00402. The molecule has 0 bridgehead atoms. The Kier molecular flexibility index (Phi) is 41.9. The van der Waals surface area contributed by atoms with Gasteiger partial charge in [-0.05, 0) is 19.3 Å². The number of carbonyl (C=O) groups is 2. The summed E-state index contributed by atoms with van der Waals surface area (Å²) in [6, 6.07) is 0. The summed E-state index contributed by atoms with van der Waals surface area (Å²) in [5, 5.41) is 0. The van der Waals surface area contributed by atoms with E-state index >= 15 is 0 Å². The van der Waals surface area contributed by atoms with Crippen molar-refractivity contribution in [2.75, 3.05) is 106 Å². The summed E-state index contributed by atoms with van der Waals surface area (Å²) < 4.78 is 48.9. The lowest BCUT2D eigenvalue weighted by Gasteiger charge is -2.13. The Morgan fingerprint density at radius 2 is 0.686 bits per heavy atom. The molecule has 0 aromatic carbocycles. The Hall–Kier alpha value is -1.34. The van der Waals surface area contributed by atoms with Gasteiger partial charge in [0.25, 0.3) is 0 Å². The summed E-state index contributed by atoms with van der Waals surface area (Å²) in [7, 11) is 0. The highest BCUT2D eigenvalue weighted by atomic mass is 16.6. The van der Waals surface area contributed by atoms with Crippen LogP contribution in [0.15, 0.2) is 0 Å². The normalized spacial score (nSPS) is 12.0. The molecule has 0 fully saturated rings. The Balaban J connectivity index is 3.21. The molecule has 0 amide bonds. The molecule has 0 saturated carbocycles. The van der Waals surface area contributed by atoms with E-state index in [0.717, 1.165) is 38.5 Å². The van der Waals surface area contributed by atoms with E-state index < -0.39 is 0 Å². The molecular weight excluding hydrogens is 656 g/mol. The molecule has 0 heterocycles. The fourth-order valence-electron chi connectivity index (χ4n) is 5.25. The number of hydrogen-bond acceptors (Lipinski definition) is 11. The summed E-state index contributed by atoms with van der Waals surface area (Å²) in [5.41, 5.74) is 0. The maximum absolute atomic E-state index is 12.0. The van der Waals surface area contributed by atoms with Crippen LogP contribution in [0.2, 0.25) is 0 Å². The highest BCUT2D eigenvalue weighted by Gasteiger charge is 2.17. The average Bonchev–Trinajstić information content (AvgIpc) is 3.13.